The number of Topliss-reactive ketones (excluding diaryl/α,β-unsaturated/α-hetero) is 1. The van der Waals surface area contributed by atoms with Crippen molar-refractivity contribution in [2.24, 2.45) is 5.92 Å². The molecule has 164 valence electrons. The third-order valence-electron chi connectivity index (χ3n) is 5.64. The van der Waals surface area contributed by atoms with Crippen molar-refractivity contribution in [2.45, 2.75) is 59.3 Å². The van der Waals surface area contributed by atoms with E-state index in [2.05, 4.69) is 51.4 Å². The number of aryl methyl sites for hydroxylation is 1. The molecule has 0 aliphatic carbocycles. The Kier molecular flexibility index (Phi) is 10.5. The van der Waals surface area contributed by atoms with Gasteiger partial charge in [0, 0.05) is 37.8 Å². The lowest BCUT2D eigenvalue weighted by molar-refractivity contribution is -0.123. The van der Waals surface area contributed by atoms with Crippen LogP contribution in [0.1, 0.15) is 63.5 Å². The number of carbonyl (C=O) groups excluding carboxylic acids is 1. The van der Waals surface area contributed by atoms with Gasteiger partial charge in [0.1, 0.15) is 5.78 Å². The van der Waals surface area contributed by atoms with Crippen molar-refractivity contribution in [3.8, 4) is 0 Å². The standard InChI is InChI=1S/C23H32N4O.C2H6/c1-3-24-12-9-21(19-7-5-4-6-8-19)15-22(28)20-10-13-27(14-11-20)23-25-16-18(2)17-26-23;1-2/h4-8,16-17,20-21,24H,3,9-15H2,1-2H3;1-2H3. The first-order chi connectivity index (χ1) is 14.7. The number of anilines is 1. The van der Waals surface area contributed by atoms with Gasteiger partial charge in [-0.05, 0) is 56.3 Å². The largest absolute Gasteiger partial charge is 0.341 e. The number of aromatic nitrogens is 2. The highest BCUT2D eigenvalue weighted by Crippen LogP contribution is 2.28. The molecular formula is C25H38N4O. The molecule has 1 aromatic carbocycles. The Hall–Kier alpha value is -2.27. The predicted octanol–water partition coefficient (Wildman–Crippen LogP) is 4.77. The highest BCUT2D eigenvalue weighted by Gasteiger charge is 2.28. The zero-order valence-electron chi connectivity index (χ0n) is 19.1. The fraction of sp³-hybridized carbons (Fsp3) is 0.560. The summed E-state index contributed by atoms with van der Waals surface area (Å²) in [6, 6.07) is 10.5. The fourth-order valence-corrected chi connectivity index (χ4v) is 3.92. The molecule has 1 unspecified atom stereocenters. The van der Waals surface area contributed by atoms with Crippen molar-refractivity contribution in [1.29, 1.82) is 0 Å². The van der Waals surface area contributed by atoms with E-state index >= 15 is 0 Å². The molecule has 0 spiro atoms. The second-order valence-corrected chi connectivity index (χ2v) is 7.74. The second-order valence-electron chi connectivity index (χ2n) is 7.74. The minimum Gasteiger partial charge on any atom is -0.341 e. The number of hydrogen-bond acceptors (Lipinski definition) is 5. The number of piperidine rings is 1. The van der Waals surface area contributed by atoms with E-state index < -0.39 is 0 Å². The second kappa shape index (κ2) is 13.1. The molecule has 1 N–H and O–H groups in total. The lowest BCUT2D eigenvalue weighted by Crippen LogP contribution is -2.37. The maximum atomic E-state index is 13.0. The molecule has 30 heavy (non-hydrogen) atoms. The summed E-state index contributed by atoms with van der Waals surface area (Å²) in [6.45, 7) is 11.7. The van der Waals surface area contributed by atoms with Gasteiger partial charge in [0.25, 0.3) is 0 Å². The van der Waals surface area contributed by atoms with Crippen LogP contribution in [0.4, 0.5) is 5.95 Å². The molecule has 5 heteroatoms. The summed E-state index contributed by atoms with van der Waals surface area (Å²) in [5.74, 6) is 1.65. The molecule has 5 nitrogen and oxygen atoms in total. The number of rotatable bonds is 9. The summed E-state index contributed by atoms with van der Waals surface area (Å²) < 4.78 is 0. The zero-order valence-corrected chi connectivity index (χ0v) is 19.1. The average molecular weight is 411 g/mol. The SMILES string of the molecule is CC.CCNCCC(CC(=O)C1CCN(c2ncc(C)cn2)CC1)c1ccccc1. The maximum Gasteiger partial charge on any atom is 0.225 e. The predicted molar refractivity (Wildman–Crippen MR) is 125 cm³/mol. The van der Waals surface area contributed by atoms with Gasteiger partial charge in [-0.25, -0.2) is 9.97 Å². The molecule has 1 aromatic heterocycles. The molecule has 0 saturated carbocycles. The lowest BCUT2D eigenvalue weighted by atomic mass is 9.84. The Morgan fingerprint density at radius 3 is 2.37 bits per heavy atom. The van der Waals surface area contributed by atoms with Crippen LogP contribution < -0.4 is 10.2 Å². The zero-order chi connectivity index (χ0) is 21.8. The number of nitrogens with one attached hydrogen (secondary N) is 1. The van der Waals surface area contributed by atoms with Crippen molar-refractivity contribution in [3.05, 3.63) is 53.9 Å². The normalized spacial score (nSPS) is 15.3. The highest BCUT2D eigenvalue weighted by molar-refractivity contribution is 5.82. The first-order valence-electron chi connectivity index (χ1n) is 11.5. The maximum absolute atomic E-state index is 13.0. The number of ketones is 1. The summed E-state index contributed by atoms with van der Waals surface area (Å²) in [6.07, 6.45) is 7.14. The molecule has 2 heterocycles. The first-order valence-corrected chi connectivity index (χ1v) is 11.5. The van der Waals surface area contributed by atoms with E-state index in [0.29, 0.717) is 18.1 Å². The van der Waals surface area contributed by atoms with Gasteiger partial charge in [-0.2, -0.15) is 0 Å². The third kappa shape index (κ3) is 7.21. The van der Waals surface area contributed by atoms with Crippen LogP contribution in [0.25, 0.3) is 0 Å². The monoisotopic (exact) mass is 410 g/mol. The van der Waals surface area contributed by atoms with Crippen LogP contribution in [-0.4, -0.2) is 41.9 Å². The minimum atomic E-state index is 0.159. The van der Waals surface area contributed by atoms with E-state index in [4.69, 9.17) is 0 Å². The number of nitrogens with zero attached hydrogens (tertiary/aromatic N) is 3. The quantitative estimate of drug-likeness (QED) is 0.604. The van der Waals surface area contributed by atoms with E-state index in [1.807, 2.05) is 39.2 Å². The van der Waals surface area contributed by atoms with E-state index in [0.717, 1.165) is 57.0 Å². The van der Waals surface area contributed by atoms with Gasteiger partial charge in [-0.3, -0.25) is 4.79 Å². The highest BCUT2D eigenvalue weighted by atomic mass is 16.1. The number of carbonyl (C=O) groups is 1. The minimum absolute atomic E-state index is 0.159. The van der Waals surface area contributed by atoms with Crippen LogP contribution in [0, 0.1) is 12.8 Å². The van der Waals surface area contributed by atoms with Crippen molar-refractivity contribution in [1.82, 2.24) is 15.3 Å². The van der Waals surface area contributed by atoms with Gasteiger partial charge >= 0.3 is 0 Å². The van der Waals surface area contributed by atoms with E-state index in [1.165, 1.54) is 5.56 Å². The Morgan fingerprint density at radius 1 is 1.13 bits per heavy atom. The van der Waals surface area contributed by atoms with E-state index in [-0.39, 0.29) is 5.92 Å². The van der Waals surface area contributed by atoms with Crippen molar-refractivity contribution < 1.29 is 4.79 Å². The molecule has 1 aliphatic heterocycles. The molecular weight excluding hydrogens is 372 g/mol. The van der Waals surface area contributed by atoms with E-state index in [1.54, 1.807) is 0 Å². The average Bonchev–Trinajstić information content (AvgIpc) is 2.81. The van der Waals surface area contributed by atoms with Crippen molar-refractivity contribution in [3.63, 3.8) is 0 Å². The summed E-state index contributed by atoms with van der Waals surface area (Å²) in [4.78, 5) is 24.1. The topological polar surface area (TPSA) is 58.1 Å². The van der Waals surface area contributed by atoms with Gasteiger partial charge in [0.2, 0.25) is 5.95 Å². The van der Waals surface area contributed by atoms with Gasteiger partial charge in [-0.1, -0.05) is 51.1 Å². The molecule has 2 aromatic rings. The molecule has 1 fully saturated rings. The number of benzene rings is 1. The first kappa shape index (κ1) is 24.0. The molecule has 0 bridgehead atoms. The lowest BCUT2D eigenvalue weighted by Gasteiger charge is -2.32. The Labute approximate surface area is 182 Å². The van der Waals surface area contributed by atoms with Crippen molar-refractivity contribution in [2.75, 3.05) is 31.1 Å². The fourth-order valence-electron chi connectivity index (χ4n) is 3.92. The van der Waals surface area contributed by atoms with Gasteiger partial charge in [-0.15, -0.1) is 0 Å². The Balaban J connectivity index is 0.00000155. The molecule has 3 rings (SSSR count). The summed E-state index contributed by atoms with van der Waals surface area (Å²) in [5, 5.41) is 3.40. The van der Waals surface area contributed by atoms with Crippen LogP contribution in [0.2, 0.25) is 0 Å². The van der Waals surface area contributed by atoms with Gasteiger partial charge < -0.3 is 10.2 Å². The Bertz CT molecular complexity index is 725. The summed E-state index contributed by atoms with van der Waals surface area (Å²) in [7, 11) is 0. The van der Waals surface area contributed by atoms with Crippen LogP contribution in [0.3, 0.4) is 0 Å². The Morgan fingerprint density at radius 2 is 1.77 bits per heavy atom. The van der Waals surface area contributed by atoms with Crippen LogP contribution >= 0.6 is 0 Å². The molecule has 1 saturated heterocycles. The van der Waals surface area contributed by atoms with Gasteiger partial charge in [0.05, 0.1) is 0 Å². The van der Waals surface area contributed by atoms with Gasteiger partial charge in [0.15, 0.2) is 0 Å². The van der Waals surface area contributed by atoms with Crippen LogP contribution in [0.15, 0.2) is 42.7 Å². The number of hydrogen-bond donors (Lipinski definition) is 1. The smallest absolute Gasteiger partial charge is 0.225 e. The van der Waals surface area contributed by atoms with Crippen molar-refractivity contribution >= 4 is 11.7 Å². The molecule has 1 aliphatic rings. The van der Waals surface area contributed by atoms with Crippen LogP contribution in [-0.2, 0) is 4.79 Å². The molecule has 0 amide bonds. The van der Waals surface area contributed by atoms with E-state index in [9.17, 15) is 4.79 Å². The molecule has 1 atom stereocenters. The summed E-state index contributed by atoms with van der Waals surface area (Å²) >= 11 is 0. The van der Waals surface area contributed by atoms with Crippen LogP contribution in [0.5, 0.6) is 0 Å². The third-order valence-corrected chi connectivity index (χ3v) is 5.64. The molecule has 0 radical (unpaired) electrons. The summed E-state index contributed by atoms with van der Waals surface area (Å²) in [5.41, 5.74) is 2.34.